The van der Waals surface area contributed by atoms with Crippen LogP contribution in [0.4, 0.5) is 9.18 Å². The molecule has 0 aliphatic carbocycles. The minimum atomic E-state index is -1.25. The van der Waals surface area contributed by atoms with Gasteiger partial charge in [0.1, 0.15) is 11.4 Å². The van der Waals surface area contributed by atoms with Crippen molar-refractivity contribution in [3.05, 3.63) is 57.8 Å². The van der Waals surface area contributed by atoms with Gasteiger partial charge in [0.05, 0.1) is 20.8 Å². The molecule has 3 amide bonds. The summed E-state index contributed by atoms with van der Waals surface area (Å²) in [6.07, 6.45) is 0. The van der Waals surface area contributed by atoms with Gasteiger partial charge in [0.25, 0.3) is 5.91 Å². The van der Waals surface area contributed by atoms with Gasteiger partial charge < -0.3 is 14.8 Å². The van der Waals surface area contributed by atoms with Gasteiger partial charge in [0.2, 0.25) is 0 Å². The molecule has 27 heavy (non-hydrogen) atoms. The van der Waals surface area contributed by atoms with E-state index in [2.05, 4.69) is 21.2 Å². The summed E-state index contributed by atoms with van der Waals surface area (Å²) in [6, 6.07) is 8.64. The average Bonchev–Trinajstić information content (AvgIpc) is 2.87. The molecular weight excluding hydrogens is 419 g/mol. The van der Waals surface area contributed by atoms with Gasteiger partial charge >= 0.3 is 6.03 Å². The fourth-order valence-corrected chi connectivity index (χ4v) is 3.48. The van der Waals surface area contributed by atoms with Crippen LogP contribution in [-0.2, 0) is 16.9 Å². The van der Waals surface area contributed by atoms with E-state index in [-0.39, 0.29) is 6.54 Å². The van der Waals surface area contributed by atoms with Crippen molar-refractivity contribution in [2.24, 2.45) is 0 Å². The number of ether oxygens (including phenoxy) is 2. The van der Waals surface area contributed by atoms with Crippen molar-refractivity contribution in [2.45, 2.75) is 19.0 Å². The Balaban J connectivity index is 1.92. The number of carbonyl (C=O) groups is 2. The molecule has 142 valence electrons. The summed E-state index contributed by atoms with van der Waals surface area (Å²) in [7, 11) is 3.02. The maximum atomic E-state index is 13.3. The van der Waals surface area contributed by atoms with Gasteiger partial charge in [-0.3, -0.25) is 9.69 Å². The topological polar surface area (TPSA) is 67.9 Å². The highest BCUT2D eigenvalue weighted by Crippen LogP contribution is 2.36. The number of nitrogens with one attached hydrogen (secondary N) is 1. The van der Waals surface area contributed by atoms with Gasteiger partial charge in [-0.05, 0) is 42.3 Å². The first-order valence-corrected chi connectivity index (χ1v) is 8.90. The number of urea groups is 1. The molecule has 2 aromatic rings. The highest BCUT2D eigenvalue weighted by Gasteiger charge is 2.49. The Hall–Kier alpha value is -2.61. The highest BCUT2D eigenvalue weighted by atomic mass is 79.9. The monoisotopic (exact) mass is 436 g/mol. The molecule has 1 aliphatic rings. The number of carbonyl (C=O) groups excluding carboxylic acids is 2. The maximum absolute atomic E-state index is 13.3. The zero-order valence-corrected chi connectivity index (χ0v) is 16.6. The van der Waals surface area contributed by atoms with Crippen molar-refractivity contribution in [3.8, 4) is 11.5 Å². The third-order valence-electron chi connectivity index (χ3n) is 4.58. The fraction of sp³-hybridized carbons (Fsp3) is 0.263. The Morgan fingerprint density at radius 2 is 1.81 bits per heavy atom. The standard InChI is InChI=1S/C19H18BrFN2O4/c1-19(12-5-7-15(26-2)16(8-12)27-3)17(24)23(18(25)22-19)10-11-4-6-13(21)9-14(11)20/h4-9H,10H2,1-3H3,(H,22,25)/t19-/m0/s1. The second-order valence-electron chi connectivity index (χ2n) is 6.25. The van der Waals surface area contributed by atoms with Gasteiger partial charge in [-0.25, -0.2) is 9.18 Å². The molecule has 8 heteroatoms. The average molecular weight is 437 g/mol. The molecule has 0 saturated carbocycles. The molecule has 0 aromatic heterocycles. The minimum absolute atomic E-state index is 0.0222. The summed E-state index contributed by atoms with van der Waals surface area (Å²) in [5.74, 6) is 0.167. The van der Waals surface area contributed by atoms with Crippen molar-refractivity contribution < 1.29 is 23.5 Å². The van der Waals surface area contributed by atoms with E-state index in [1.165, 1.54) is 32.4 Å². The molecular formula is C19H18BrFN2O4. The first-order chi connectivity index (χ1) is 12.8. The first-order valence-electron chi connectivity index (χ1n) is 8.10. The largest absolute Gasteiger partial charge is 0.493 e. The quantitative estimate of drug-likeness (QED) is 0.727. The predicted molar refractivity (Wildman–Crippen MR) is 100 cm³/mol. The first kappa shape index (κ1) is 19.2. The Morgan fingerprint density at radius 3 is 2.44 bits per heavy atom. The molecule has 0 radical (unpaired) electrons. The third kappa shape index (κ3) is 3.37. The Kier molecular flexibility index (Phi) is 5.10. The number of nitrogens with zero attached hydrogens (tertiary/aromatic N) is 1. The molecule has 6 nitrogen and oxygen atoms in total. The van der Waals surface area contributed by atoms with E-state index < -0.39 is 23.3 Å². The number of halogens is 2. The molecule has 0 bridgehead atoms. The summed E-state index contributed by atoms with van der Waals surface area (Å²) in [5, 5.41) is 2.74. The molecule has 3 rings (SSSR count). The van der Waals surface area contributed by atoms with Crippen molar-refractivity contribution in [1.29, 1.82) is 0 Å². The second-order valence-corrected chi connectivity index (χ2v) is 7.11. The number of imide groups is 1. The molecule has 1 heterocycles. The number of benzene rings is 2. The van der Waals surface area contributed by atoms with E-state index in [1.54, 1.807) is 25.1 Å². The van der Waals surface area contributed by atoms with Crippen LogP contribution in [0.3, 0.4) is 0 Å². The summed E-state index contributed by atoms with van der Waals surface area (Å²) < 4.78 is 24.3. The van der Waals surface area contributed by atoms with E-state index in [4.69, 9.17) is 9.47 Å². The fourth-order valence-electron chi connectivity index (χ4n) is 3.00. The number of rotatable bonds is 5. The van der Waals surface area contributed by atoms with Crippen LogP contribution in [0.25, 0.3) is 0 Å². The lowest BCUT2D eigenvalue weighted by molar-refractivity contribution is -0.131. The van der Waals surface area contributed by atoms with Crippen LogP contribution in [-0.4, -0.2) is 31.1 Å². The number of hydrogen-bond acceptors (Lipinski definition) is 4. The van der Waals surface area contributed by atoms with Gasteiger partial charge in [0.15, 0.2) is 11.5 Å². The second kappa shape index (κ2) is 7.19. The Bertz CT molecular complexity index is 921. The van der Waals surface area contributed by atoms with Crippen molar-refractivity contribution in [2.75, 3.05) is 14.2 Å². The SMILES string of the molecule is COc1ccc([C@]2(C)NC(=O)N(Cc3ccc(F)cc3Br)C2=O)cc1OC. The van der Waals surface area contributed by atoms with Crippen molar-refractivity contribution in [3.63, 3.8) is 0 Å². The summed E-state index contributed by atoms with van der Waals surface area (Å²) in [5.41, 5.74) is -0.0565. The molecule has 1 saturated heterocycles. The number of methoxy groups -OCH3 is 2. The predicted octanol–water partition coefficient (Wildman–Crippen LogP) is 3.57. The van der Waals surface area contributed by atoms with Crippen molar-refractivity contribution >= 4 is 27.9 Å². The van der Waals surface area contributed by atoms with Crippen LogP contribution in [0, 0.1) is 5.82 Å². The summed E-state index contributed by atoms with van der Waals surface area (Å²) >= 11 is 3.26. The Morgan fingerprint density at radius 1 is 1.11 bits per heavy atom. The summed E-state index contributed by atoms with van der Waals surface area (Å²) in [4.78, 5) is 26.6. The number of amides is 3. The third-order valence-corrected chi connectivity index (χ3v) is 5.32. The van der Waals surface area contributed by atoms with Crippen LogP contribution in [0.15, 0.2) is 40.9 Å². The van der Waals surface area contributed by atoms with Gasteiger partial charge in [0, 0.05) is 4.47 Å². The lowest BCUT2D eigenvalue weighted by Gasteiger charge is -2.23. The molecule has 1 aliphatic heterocycles. The van der Waals surface area contributed by atoms with E-state index in [0.717, 1.165) is 4.90 Å². The maximum Gasteiger partial charge on any atom is 0.325 e. The molecule has 0 unspecified atom stereocenters. The molecule has 2 aromatic carbocycles. The van der Waals surface area contributed by atoms with Gasteiger partial charge in [-0.1, -0.05) is 28.1 Å². The smallest absolute Gasteiger partial charge is 0.325 e. The molecule has 0 spiro atoms. The lowest BCUT2D eigenvalue weighted by atomic mass is 9.91. The number of hydrogen-bond donors (Lipinski definition) is 1. The normalized spacial score (nSPS) is 19.2. The van der Waals surface area contributed by atoms with Crippen LogP contribution >= 0.6 is 15.9 Å². The molecule has 1 N–H and O–H groups in total. The zero-order valence-electron chi connectivity index (χ0n) is 15.0. The van der Waals surface area contributed by atoms with Gasteiger partial charge in [-0.2, -0.15) is 0 Å². The highest BCUT2D eigenvalue weighted by molar-refractivity contribution is 9.10. The van der Waals surface area contributed by atoms with Crippen LogP contribution in [0.5, 0.6) is 11.5 Å². The van der Waals surface area contributed by atoms with E-state index >= 15 is 0 Å². The van der Waals surface area contributed by atoms with Crippen LogP contribution < -0.4 is 14.8 Å². The van der Waals surface area contributed by atoms with E-state index in [1.807, 2.05) is 0 Å². The summed E-state index contributed by atoms with van der Waals surface area (Å²) in [6.45, 7) is 1.66. The Labute approximate surface area is 164 Å². The van der Waals surface area contributed by atoms with Gasteiger partial charge in [-0.15, -0.1) is 0 Å². The van der Waals surface area contributed by atoms with Crippen molar-refractivity contribution in [1.82, 2.24) is 10.2 Å². The van der Waals surface area contributed by atoms with Crippen LogP contribution in [0.1, 0.15) is 18.1 Å². The minimum Gasteiger partial charge on any atom is -0.493 e. The lowest BCUT2D eigenvalue weighted by Crippen LogP contribution is -2.40. The zero-order chi connectivity index (χ0) is 19.8. The van der Waals surface area contributed by atoms with E-state index in [9.17, 15) is 14.0 Å². The van der Waals surface area contributed by atoms with Crippen LogP contribution in [0.2, 0.25) is 0 Å². The van der Waals surface area contributed by atoms with E-state index in [0.29, 0.717) is 27.1 Å². The molecule has 1 atom stereocenters. The molecule has 1 fully saturated rings.